The van der Waals surface area contributed by atoms with Crippen LogP contribution in [0.3, 0.4) is 0 Å². The second-order valence-corrected chi connectivity index (χ2v) is 9.05. The number of ether oxygens (including phenoxy) is 1. The van der Waals surface area contributed by atoms with Gasteiger partial charge in [0.25, 0.3) is 0 Å². The van der Waals surface area contributed by atoms with E-state index in [2.05, 4.69) is 0 Å². The van der Waals surface area contributed by atoms with Crippen molar-refractivity contribution >= 4 is 22.8 Å². The highest BCUT2D eigenvalue weighted by Crippen LogP contribution is 2.36. The third-order valence-electron chi connectivity index (χ3n) is 6.43. The molecule has 1 saturated heterocycles. The Morgan fingerprint density at radius 2 is 1.93 bits per heavy atom. The van der Waals surface area contributed by atoms with Crippen LogP contribution in [0.5, 0.6) is 5.75 Å². The summed E-state index contributed by atoms with van der Waals surface area (Å²) in [6.07, 6.45) is 2.92. The van der Waals surface area contributed by atoms with E-state index < -0.39 is 5.63 Å². The van der Waals surface area contributed by atoms with Gasteiger partial charge in [-0.1, -0.05) is 0 Å². The summed E-state index contributed by atoms with van der Waals surface area (Å²) in [5.74, 6) is 0.127. The SMILES string of the molecule is Cc1c(CC(=O)N2CCC(C(N)=O)CC2)c(=O)oc2cc3c(cc12)CCC(C)(C)O3. The summed E-state index contributed by atoms with van der Waals surface area (Å²) in [7, 11) is 0. The van der Waals surface area contributed by atoms with Crippen molar-refractivity contribution < 1.29 is 18.7 Å². The van der Waals surface area contributed by atoms with Crippen LogP contribution in [-0.2, 0) is 22.4 Å². The van der Waals surface area contributed by atoms with E-state index in [1.807, 2.05) is 26.8 Å². The molecule has 30 heavy (non-hydrogen) atoms. The number of piperidine rings is 1. The molecule has 0 bridgehead atoms. The molecular weight excluding hydrogens is 384 g/mol. The van der Waals surface area contributed by atoms with E-state index in [1.165, 1.54) is 0 Å². The zero-order valence-corrected chi connectivity index (χ0v) is 17.7. The number of carbonyl (C=O) groups is 2. The number of primary amides is 1. The smallest absolute Gasteiger partial charge is 0.340 e. The van der Waals surface area contributed by atoms with E-state index in [9.17, 15) is 14.4 Å². The lowest BCUT2D eigenvalue weighted by Gasteiger charge is -2.32. The van der Waals surface area contributed by atoms with Gasteiger partial charge in [-0.25, -0.2) is 4.79 Å². The van der Waals surface area contributed by atoms with E-state index in [1.54, 1.807) is 11.0 Å². The molecule has 7 nitrogen and oxygen atoms in total. The Hall–Kier alpha value is -2.83. The molecule has 1 aromatic carbocycles. The van der Waals surface area contributed by atoms with Crippen LogP contribution in [0, 0.1) is 12.8 Å². The zero-order chi connectivity index (χ0) is 21.6. The van der Waals surface area contributed by atoms with Crippen LogP contribution in [0.2, 0.25) is 0 Å². The Bertz CT molecular complexity index is 1080. The summed E-state index contributed by atoms with van der Waals surface area (Å²) in [6, 6.07) is 3.81. The van der Waals surface area contributed by atoms with Gasteiger partial charge in [0.15, 0.2) is 0 Å². The molecule has 0 aliphatic carbocycles. The first-order valence-corrected chi connectivity index (χ1v) is 10.5. The number of nitrogens with zero attached hydrogens (tertiary/aromatic N) is 1. The van der Waals surface area contributed by atoms with Crippen LogP contribution >= 0.6 is 0 Å². The molecule has 7 heteroatoms. The number of hydrogen-bond acceptors (Lipinski definition) is 5. The number of fused-ring (bicyclic) bond motifs is 2. The van der Waals surface area contributed by atoms with Crippen molar-refractivity contribution in [1.29, 1.82) is 0 Å². The first-order valence-electron chi connectivity index (χ1n) is 10.5. The van der Waals surface area contributed by atoms with Crippen LogP contribution < -0.4 is 16.1 Å². The second-order valence-electron chi connectivity index (χ2n) is 9.05. The Kier molecular flexibility index (Phi) is 5.08. The lowest BCUT2D eigenvalue weighted by molar-refractivity contribution is -0.134. The number of rotatable bonds is 3. The van der Waals surface area contributed by atoms with Gasteiger partial charge in [0.2, 0.25) is 11.8 Å². The quantitative estimate of drug-likeness (QED) is 0.780. The van der Waals surface area contributed by atoms with Crippen molar-refractivity contribution in [3.63, 3.8) is 0 Å². The fourth-order valence-electron chi connectivity index (χ4n) is 4.42. The lowest BCUT2D eigenvalue weighted by Crippen LogP contribution is -2.42. The number of hydrogen-bond donors (Lipinski definition) is 1. The van der Waals surface area contributed by atoms with E-state index in [-0.39, 0.29) is 29.8 Å². The molecule has 2 aromatic rings. The van der Waals surface area contributed by atoms with Crippen LogP contribution in [0.15, 0.2) is 21.3 Å². The van der Waals surface area contributed by atoms with Gasteiger partial charge in [0.1, 0.15) is 16.9 Å². The van der Waals surface area contributed by atoms with E-state index in [0.717, 1.165) is 35.1 Å². The summed E-state index contributed by atoms with van der Waals surface area (Å²) in [5.41, 5.74) is 7.36. The Balaban J connectivity index is 1.60. The van der Waals surface area contributed by atoms with E-state index >= 15 is 0 Å². The highest BCUT2D eigenvalue weighted by atomic mass is 16.5. The largest absolute Gasteiger partial charge is 0.487 e. The minimum absolute atomic E-state index is 0.00798. The maximum Gasteiger partial charge on any atom is 0.340 e. The molecule has 0 spiro atoms. The maximum atomic E-state index is 12.8. The van der Waals surface area contributed by atoms with Crippen LogP contribution in [-0.4, -0.2) is 35.4 Å². The average molecular weight is 412 g/mol. The molecule has 1 fully saturated rings. The van der Waals surface area contributed by atoms with E-state index in [0.29, 0.717) is 37.1 Å². The van der Waals surface area contributed by atoms with Crippen molar-refractivity contribution in [2.75, 3.05) is 13.1 Å². The second kappa shape index (κ2) is 7.45. The molecular formula is C23H28N2O5. The maximum absolute atomic E-state index is 12.8. The van der Waals surface area contributed by atoms with Gasteiger partial charge in [0.05, 0.1) is 12.0 Å². The zero-order valence-electron chi connectivity index (χ0n) is 17.7. The normalized spacial score (nSPS) is 18.7. The molecule has 2 N–H and O–H groups in total. The molecule has 1 aromatic heterocycles. The molecule has 0 unspecified atom stereocenters. The van der Waals surface area contributed by atoms with Gasteiger partial charge >= 0.3 is 5.63 Å². The number of aryl methyl sites for hydroxylation is 2. The van der Waals surface area contributed by atoms with Gasteiger partial charge in [-0.05, 0) is 63.6 Å². The average Bonchev–Trinajstić information content (AvgIpc) is 2.69. The van der Waals surface area contributed by atoms with Crippen LogP contribution in [0.25, 0.3) is 11.0 Å². The predicted molar refractivity (Wildman–Crippen MR) is 112 cm³/mol. The molecule has 2 aliphatic heterocycles. The van der Waals surface area contributed by atoms with Crippen molar-refractivity contribution in [2.45, 2.75) is 58.5 Å². The summed E-state index contributed by atoms with van der Waals surface area (Å²) >= 11 is 0. The van der Waals surface area contributed by atoms with Crippen LogP contribution in [0.4, 0.5) is 0 Å². The third kappa shape index (κ3) is 3.80. The molecule has 0 radical (unpaired) electrons. The van der Waals surface area contributed by atoms with Gasteiger partial charge in [-0.15, -0.1) is 0 Å². The topological polar surface area (TPSA) is 103 Å². The molecule has 0 atom stereocenters. The standard InChI is InChI=1S/C23H28N2O5/c1-13-16-10-15-4-7-23(2,3)30-18(15)12-19(16)29-22(28)17(13)11-20(26)25-8-5-14(6-9-25)21(24)27/h10,12,14H,4-9,11H2,1-3H3,(H2,24,27). The first-order chi connectivity index (χ1) is 14.1. The summed E-state index contributed by atoms with van der Waals surface area (Å²) in [4.78, 5) is 38.5. The minimum Gasteiger partial charge on any atom is -0.487 e. The fraction of sp³-hybridized carbons (Fsp3) is 0.522. The number of carbonyl (C=O) groups excluding carboxylic acids is 2. The Morgan fingerprint density at radius 1 is 1.23 bits per heavy atom. The number of nitrogens with two attached hydrogens (primary N) is 1. The van der Waals surface area contributed by atoms with Gasteiger partial charge in [-0.3, -0.25) is 9.59 Å². The molecule has 0 saturated carbocycles. The highest BCUT2D eigenvalue weighted by Gasteiger charge is 2.29. The minimum atomic E-state index is -0.490. The van der Waals surface area contributed by atoms with Crippen molar-refractivity contribution in [2.24, 2.45) is 11.7 Å². The molecule has 3 heterocycles. The molecule has 2 amide bonds. The number of amides is 2. The van der Waals surface area contributed by atoms with Gasteiger partial charge in [-0.2, -0.15) is 0 Å². The van der Waals surface area contributed by atoms with Gasteiger partial charge in [0, 0.05) is 30.5 Å². The number of benzene rings is 1. The Morgan fingerprint density at radius 3 is 2.60 bits per heavy atom. The monoisotopic (exact) mass is 412 g/mol. The van der Waals surface area contributed by atoms with E-state index in [4.69, 9.17) is 14.9 Å². The third-order valence-corrected chi connectivity index (χ3v) is 6.43. The van der Waals surface area contributed by atoms with Crippen LogP contribution in [0.1, 0.15) is 49.8 Å². The predicted octanol–water partition coefficient (Wildman–Crippen LogP) is 2.47. The van der Waals surface area contributed by atoms with Crippen molar-refractivity contribution in [3.8, 4) is 5.75 Å². The summed E-state index contributed by atoms with van der Waals surface area (Å²) in [5, 5.41) is 0.840. The summed E-state index contributed by atoms with van der Waals surface area (Å²) in [6.45, 7) is 6.91. The lowest BCUT2D eigenvalue weighted by atomic mass is 9.92. The van der Waals surface area contributed by atoms with Crippen molar-refractivity contribution in [3.05, 3.63) is 39.2 Å². The molecule has 4 rings (SSSR count). The Labute approximate surface area is 175 Å². The molecule has 2 aliphatic rings. The molecule has 160 valence electrons. The fourth-order valence-corrected chi connectivity index (χ4v) is 4.42. The summed E-state index contributed by atoms with van der Waals surface area (Å²) < 4.78 is 11.6. The first kappa shape index (κ1) is 20.4. The number of likely N-dealkylation sites (tertiary alicyclic amines) is 1. The van der Waals surface area contributed by atoms with Gasteiger partial charge < -0.3 is 19.8 Å². The highest BCUT2D eigenvalue weighted by molar-refractivity contribution is 5.86. The van der Waals surface area contributed by atoms with Crippen molar-refractivity contribution in [1.82, 2.24) is 4.90 Å².